The van der Waals surface area contributed by atoms with E-state index in [1.807, 2.05) is 84.6 Å². The van der Waals surface area contributed by atoms with Crippen LogP contribution in [0.4, 0.5) is 0 Å². The summed E-state index contributed by atoms with van der Waals surface area (Å²) in [4.78, 5) is 15.9. The van der Waals surface area contributed by atoms with Gasteiger partial charge in [-0.15, -0.1) is 0 Å². The quantitative estimate of drug-likeness (QED) is 0.320. The monoisotopic (exact) mass is 424 g/mol. The van der Waals surface area contributed by atoms with E-state index < -0.39 is 0 Å². The molecule has 6 heteroatoms. The summed E-state index contributed by atoms with van der Waals surface area (Å²) in [5.41, 5.74) is 3.93. The highest BCUT2D eigenvalue weighted by Crippen LogP contribution is 2.20. The van der Waals surface area contributed by atoms with Gasteiger partial charge in [-0.1, -0.05) is 18.2 Å². The van der Waals surface area contributed by atoms with Crippen molar-refractivity contribution in [2.24, 2.45) is 0 Å². The summed E-state index contributed by atoms with van der Waals surface area (Å²) in [5, 5.41) is 13.6. The molecule has 0 bridgehead atoms. The molecular weight excluding hydrogens is 400 g/mol. The lowest BCUT2D eigenvalue weighted by Crippen LogP contribution is -2.26. The predicted molar refractivity (Wildman–Crippen MR) is 126 cm³/mol. The fourth-order valence-electron chi connectivity index (χ4n) is 3.66. The van der Waals surface area contributed by atoms with Crippen molar-refractivity contribution in [3.63, 3.8) is 0 Å². The van der Waals surface area contributed by atoms with Gasteiger partial charge in [0.1, 0.15) is 17.4 Å². The second-order valence-electron chi connectivity index (χ2n) is 7.27. The minimum absolute atomic E-state index is 0.0646. The molecule has 1 amide bonds. The van der Waals surface area contributed by atoms with Gasteiger partial charge >= 0.3 is 0 Å². The van der Waals surface area contributed by atoms with E-state index in [9.17, 15) is 10.1 Å². The highest BCUT2D eigenvalue weighted by molar-refractivity contribution is 6.01. The highest BCUT2D eigenvalue weighted by atomic mass is 16.5. The predicted octanol–water partition coefficient (Wildman–Crippen LogP) is 4.62. The van der Waals surface area contributed by atoms with E-state index in [2.05, 4.69) is 16.4 Å². The number of benzene rings is 2. The largest absolute Gasteiger partial charge is 0.494 e. The third-order valence-electron chi connectivity index (χ3n) is 5.22. The lowest BCUT2D eigenvalue weighted by Gasteiger charge is -2.09. The molecule has 0 aliphatic heterocycles. The molecule has 2 aromatic heterocycles. The number of rotatable bonds is 8. The zero-order valence-corrected chi connectivity index (χ0v) is 17.8. The highest BCUT2D eigenvalue weighted by Gasteiger charge is 2.11. The first kappa shape index (κ1) is 21.0. The maximum Gasteiger partial charge on any atom is 0.262 e. The Hall–Kier alpha value is -4.24. The molecule has 0 fully saturated rings. The van der Waals surface area contributed by atoms with E-state index >= 15 is 0 Å². The third-order valence-corrected chi connectivity index (χ3v) is 5.22. The van der Waals surface area contributed by atoms with Crippen LogP contribution in [0.1, 0.15) is 18.2 Å². The summed E-state index contributed by atoms with van der Waals surface area (Å²) in [6.07, 6.45) is 6.14. The molecule has 0 aliphatic rings. The van der Waals surface area contributed by atoms with Gasteiger partial charge in [-0.05, 0) is 67.4 Å². The lowest BCUT2D eigenvalue weighted by atomic mass is 10.1. The molecule has 0 unspecified atom stereocenters. The van der Waals surface area contributed by atoms with Crippen LogP contribution in [0, 0.1) is 11.3 Å². The molecule has 160 valence electrons. The second kappa shape index (κ2) is 9.71. The minimum atomic E-state index is -0.383. The van der Waals surface area contributed by atoms with Crippen molar-refractivity contribution in [2.75, 3.05) is 13.2 Å². The minimum Gasteiger partial charge on any atom is -0.494 e. The molecule has 0 atom stereocenters. The number of fused-ring (bicyclic) bond motifs is 1. The van der Waals surface area contributed by atoms with Crippen LogP contribution in [0.3, 0.4) is 0 Å². The molecule has 2 N–H and O–H groups in total. The van der Waals surface area contributed by atoms with Crippen LogP contribution in [0.5, 0.6) is 5.75 Å². The molecule has 0 aliphatic carbocycles. The van der Waals surface area contributed by atoms with E-state index in [0.29, 0.717) is 19.6 Å². The van der Waals surface area contributed by atoms with Crippen molar-refractivity contribution in [3.05, 3.63) is 89.9 Å². The van der Waals surface area contributed by atoms with E-state index in [0.717, 1.165) is 33.6 Å². The van der Waals surface area contributed by atoms with Crippen molar-refractivity contribution in [2.45, 2.75) is 13.3 Å². The SMILES string of the molecule is CCOc1ccc(-n2cccc2C=C(C#N)C(=O)NCCc2c[nH]c3ccccc23)cc1. The van der Waals surface area contributed by atoms with Crippen LogP contribution in [-0.4, -0.2) is 28.6 Å². The van der Waals surface area contributed by atoms with Crippen molar-refractivity contribution in [1.82, 2.24) is 14.9 Å². The number of amides is 1. The average Bonchev–Trinajstić information content (AvgIpc) is 3.45. The molecule has 0 saturated carbocycles. The number of H-pyrrole nitrogens is 1. The number of hydrogen-bond donors (Lipinski definition) is 2. The summed E-state index contributed by atoms with van der Waals surface area (Å²) >= 11 is 0. The topological polar surface area (TPSA) is 82.8 Å². The van der Waals surface area contributed by atoms with E-state index in [1.54, 1.807) is 6.08 Å². The van der Waals surface area contributed by atoms with Crippen molar-refractivity contribution < 1.29 is 9.53 Å². The van der Waals surface area contributed by atoms with Crippen LogP contribution < -0.4 is 10.1 Å². The van der Waals surface area contributed by atoms with Gasteiger partial charge in [-0.3, -0.25) is 4.79 Å². The summed E-state index contributed by atoms with van der Waals surface area (Å²) in [5.74, 6) is 0.416. The maximum absolute atomic E-state index is 12.6. The van der Waals surface area contributed by atoms with Crippen LogP contribution in [-0.2, 0) is 11.2 Å². The molecule has 0 spiro atoms. The van der Waals surface area contributed by atoms with E-state index in [4.69, 9.17) is 4.74 Å². The molecule has 2 heterocycles. The number of nitrogens with one attached hydrogen (secondary N) is 2. The van der Waals surface area contributed by atoms with Crippen LogP contribution in [0.15, 0.2) is 78.6 Å². The third kappa shape index (κ3) is 4.57. The van der Waals surface area contributed by atoms with Crippen LogP contribution in [0.25, 0.3) is 22.7 Å². The van der Waals surface area contributed by atoms with E-state index in [1.165, 1.54) is 0 Å². The standard InChI is InChI=1S/C26H24N4O2/c1-2-32-23-11-9-21(10-12-23)30-15-5-6-22(30)16-20(17-27)26(31)28-14-13-19-18-29-25-8-4-3-7-24(19)25/h3-12,15-16,18,29H,2,13-14H2,1H3,(H,28,31). The maximum atomic E-state index is 12.6. The van der Waals surface area contributed by atoms with Gasteiger partial charge in [0.2, 0.25) is 0 Å². The Morgan fingerprint density at radius 3 is 2.75 bits per heavy atom. The molecule has 0 saturated heterocycles. The Bertz CT molecular complexity index is 1290. The van der Waals surface area contributed by atoms with Gasteiger partial charge in [-0.2, -0.15) is 5.26 Å². The molecule has 6 nitrogen and oxygen atoms in total. The summed E-state index contributed by atoms with van der Waals surface area (Å²) < 4.78 is 7.41. The van der Waals surface area contributed by atoms with Gasteiger partial charge in [-0.25, -0.2) is 0 Å². The number of aromatic nitrogens is 2. The van der Waals surface area contributed by atoms with Gasteiger partial charge in [0, 0.05) is 41.2 Å². The number of nitriles is 1. The first-order valence-electron chi connectivity index (χ1n) is 10.5. The normalized spacial score (nSPS) is 11.3. The van der Waals surface area contributed by atoms with Gasteiger partial charge in [0.05, 0.1) is 6.61 Å². The first-order chi connectivity index (χ1) is 15.7. The number of nitrogens with zero attached hydrogens (tertiary/aromatic N) is 2. The zero-order chi connectivity index (χ0) is 22.3. The van der Waals surface area contributed by atoms with Gasteiger partial charge in [0.25, 0.3) is 5.91 Å². The lowest BCUT2D eigenvalue weighted by molar-refractivity contribution is -0.117. The number of carbonyl (C=O) groups excluding carboxylic acids is 1. The molecule has 4 aromatic rings. The summed E-state index contributed by atoms with van der Waals surface area (Å²) in [6, 6.07) is 21.5. The number of para-hydroxylation sites is 1. The van der Waals surface area contributed by atoms with Crippen LogP contribution >= 0.6 is 0 Å². The summed E-state index contributed by atoms with van der Waals surface area (Å²) in [7, 11) is 0. The Balaban J connectivity index is 1.44. The Labute approximate surface area is 186 Å². The average molecular weight is 425 g/mol. The smallest absolute Gasteiger partial charge is 0.262 e. The molecular formula is C26H24N4O2. The fourth-order valence-corrected chi connectivity index (χ4v) is 3.66. The number of ether oxygens (including phenoxy) is 1. The first-order valence-corrected chi connectivity index (χ1v) is 10.5. The van der Waals surface area contributed by atoms with Crippen LogP contribution in [0.2, 0.25) is 0 Å². The molecule has 4 rings (SSSR count). The van der Waals surface area contributed by atoms with Crippen molar-refractivity contribution >= 4 is 22.9 Å². The summed E-state index contributed by atoms with van der Waals surface area (Å²) in [6.45, 7) is 3.00. The van der Waals surface area contributed by atoms with Gasteiger partial charge in [0.15, 0.2) is 0 Å². The Morgan fingerprint density at radius 1 is 1.16 bits per heavy atom. The van der Waals surface area contributed by atoms with E-state index in [-0.39, 0.29) is 11.5 Å². The zero-order valence-electron chi connectivity index (χ0n) is 17.8. The number of aromatic amines is 1. The Kier molecular flexibility index (Phi) is 6.38. The molecule has 32 heavy (non-hydrogen) atoms. The second-order valence-corrected chi connectivity index (χ2v) is 7.27. The number of carbonyl (C=O) groups is 1. The fraction of sp³-hybridized carbons (Fsp3) is 0.154. The number of hydrogen-bond acceptors (Lipinski definition) is 3. The van der Waals surface area contributed by atoms with Crippen molar-refractivity contribution in [1.29, 1.82) is 5.26 Å². The van der Waals surface area contributed by atoms with Crippen molar-refractivity contribution in [3.8, 4) is 17.5 Å². The Morgan fingerprint density at radius 2 is 1.97 bits per heavy atom. The molecule has 2 aromatic carbocycles. The molecule has 0 radical (unpaired) electrons. The van der Waals surface area contributed by atoms with Gasteiger partial charge < -0.3 is 19.6 Å².